The van der Waals surface area contributed by atoms with Crippen molar-refractivity contribution in [3.63, 3.8) is 0 Å². The second-order valence-electron chi connectivity index (χ2n) is 9.22. The fraction of sp³-hybridized carbons (Fsp3) is 0.560. The lowest BCUT2D eigenvalue weighted by molar-refractivity contribution is -0.137. The molecule has 1 aliphatic carbocycles. The van der Waals surface area contributed by atoms with Crippen LogP contribution in [0.3, 0.4) is 0 Å². The highest BCUT2D eigenvalue weighted by Crippen LogP contribution is 2.27. The maximum atomic E-state index is 12.7. The monoisotopic (exact) mass is 454 g/mol. The van der Waals surface area contributed by atoms with E-state index in [1.165, 1.54) is 42.2 Å². The zero-order chi connectivity index (χ0) is 22.5. The van der Waals surface area contributed by atoms with E-state index in [2.05, 4.69) is 42.3 Å². The molecule has 2 heterocycles. The number of hydrogen-bond donors (Lipinski definition) is 1. The number of nitrogens with one attached hydrogen (secondary N) is 1. The number of aryl methyl sites for hydroxylation is 2. The normalized spacial score (nSPS) is 18.0. The minimum atomic E-state index is 0.0297. The molecule has 0 unspecified atom stereocenters. The molecule has 0 atom stereocenters. The molecule has 2 aliphatic rings. The topological polar surface area (TPSA) is 67.2 Å². The molecule has 1 saturated heterocycles. The third-order valence-corrected chi connectivity index (χ3v) is 7.52. The molecular formula is C25H34N4O2S. The van der Waals surface area contributed by atoms with Crippen molar-refractivity contribution < 1.29 is 9.59 Å². The third-order valence-electron chi connectivity index (χ3n) is 6.55. The number of carbonyl (C=O) groups excluding carboxylic acids is 2. The lowest BCUT2D eigenvalue weighted by Gasteiger charge is -2.35. The fourth-order valence-corrected chi connectivity index (χ4v) is 5.72. The second kappa shape index (κ2) is 10.6. The van der Waals surface area contributed by atoms with Gasteiger partial charge in [0.05, 0.1) is 5.75 Å². The fourth-order valence-electron chi connectivity index (χ4n) is 4.93. The summed E-state index contributed by atoms with van der Waals surface area (Å²) in [7, 11) is 0. The zero-order valence-electron chi connectivity index (χ0n) is 19.2. The van der Waals surface area contributed by atoms with Gasteiger partial charge in [0, 0.05) is 43.1 Å². The molecule has 0 radical (unpaired) electrons. The lowest BCUT2D eigenvalue weighted by Crippen LogP contribution is -2.48. The Labute approximate surface area is 195 Å². The molecule has 1 N–H and O–H groups in total. The highest BCUT2D eigenvalue weighted by atomic mass is 32.2. The van der Waals surface area contributed by atoms with Gasteiger partial charge < -0.3 is 10.2 Å². The molecule has 1 aromatic heterocycles. The van der Waals surface area contributed by atoms with E-state index in [1.54, 1.807) is 6.20 Å². The van der Waals surface area contributed by atoms with Crippen molar-refractivity contribution in [2.45, 2.75) is 70.0 Å². The van der Waals surface area contributed by atoms with Gasteiger partial charge in [0.2, 0.25) is 11.8 Å². The molecule has 2 amide bonds. The number of nitrogens with zero attached hydrogens (tertiary/aromatic N) is 3. The average Bonchev–Trinajstić information content (AvgIpc) is 3.26. The molecule has 0 bridgehead atoms. The number of amides is 2. The third kappa shape index (κ3) is 5.74. The van der Waals surface area contributed by atoms with E-state index < -0.39 is 0 Å². The van der Waals surface area contributed by atoms with Gasteiger partial charge in [-0.2, -0.15) is 0 Å². The predicted molar refractivity (Wildman–Crippen MR) is 128 cm³/mol. The maximum absolute atomic E-state index is 12.7. The number of benzene rings is 1. The smallest absolute Gasteiger partial charge is 0.230 e. The standard InChI is InChI=1S/C25H34N4O2S/c1-18-14-19(2)16-22(15-18)29-13-10-26-25(29)32-17-23(30)27-21-8-11-28(12-9-21)24(31)20-6-4-3-5-7-20/h10,13-16,20-21H,3-9,11-12,17H2,1-2H3,(H,27,30). The first-order valence-electron chi connectivity index (χ1n) is 11.8. The number of carbonyl (C=O) groups is 2. The average molecular weight is 455 g/mol. The van der Waals surface area contributed by atoms with E-state index in [-0.39, 0.29) is 17.9 Å². The van der Waals surface area contributed by atoms with Crippen LogP contribution in [0, 0.1) is 19.8 Å². The van der Waals surface area contributed by atoms with Crippen molar-refractivity contribution in [3.8, 4) is 5.69 Å². The van der Waals surface area contributed by atoms with Gasteiger partial charge in [-0.3, -0.25) is 14.2 Å². The number of thioether (sulfide) groups is 1. The van der Waals surface area contributed by atoms with E-state index in [9.17, 15) is 9.59 Å². The van der Waals surface area contributed by atoms with Gasteiger partial charge in [0.25, 0.3) is 0 Å². The van der Waals surface area contributed by atoms with Crippen LogP contribution in [-0.4, -0.2) is 51.1 Å². The molecule has 1 aromatic carbocycles. The van der Waals surface area contributed by atoms with Crippen molar-refractivity contribution in [1.82, 2.24) is 19.8 Å². The Kier molecular flexibility index (Phi) is 7.55. The minimum Gasteiger partial charge on any atom is -0.353 e. The lowest BCUT2D eigenvalue weighted by atomic mass is 9.87. The number of likely N-dealkylation sites (tertiary alicyclic amines) is 1. The summed E-state index contributed by atoms with van der Waals surface area (Å²) in [5, 5.41) is 3.98. The van der Waals surface area contributed by atoms with Crippen LogP contribution in [0.2, 0.25) is 0 Å². The highest BCUT2D eigenvalue weighted by Gasteiger charge is 2.29. The van der Waals surface area contributed by atoms with Crippen LogP contribution in [0.5, 0.6) is 0 Å². The molecule has 4 rings (SSSR count). The van der Waals surface area contributed by atoms with Crippen molar-refractivity contribution in [2.75, 3.05) is 18.8 Å². The van der Waals surface area contributed by atoms with Crippen LogP contribution in [-0.2, 0) is 9.59 Å². The van der Waals surface area contributed by atoms with E-state index in [0.29, 0.717) is 11.7 Å². The molecule has 0 spiro atoms. The SMILES string of the molecule is Cc1cc(C)cc(-n2ccnc2SCC(=O)NC2CCN(C(=O)C3CCCCC3)CC2)c1. The quantitative estimate of drug-likeness (QED) is 0.662. The molecular weight excluding hydrogens is 420 g/mol. The summed E-state index contributed by atoms with van der Waals surface area (Å²) < 4.78 is 2.04. The Hall–Kier alpha value is -2.28. The van der Waals surface area contributed by atoms with Gasteiger partial charge in [-0.15, -0.1) is 0 Å². The molecule has 1 aliphatic heterocycles. The van der Waals surface area contributed by atoms with E-state index in [4.69, 9.17) is 0 Å². The molecule has 1 saturated carbocycles. The first kappa shape index (κ1) is 22.9. The largest absolute Gasteiger partial charge is 0.353 e. The summed E-state index contributed by atoms with van der Waals surface area (Å²) in [4.78, 5) is 31.8. The van der Waals surface area contributed by atoms with Gasteiger partial charge in [-0.05, 0) is 62.8 Å². The molecule has 2 fully saturated rings. The Morgan fingerprint density at radius 1 is 1.03 bits per heavy atom. The molecule has 7 heteroatoms. The summed E-state index contributed by atoms with van der Waals surface area (Å²) in [6.45, 7) is 5.68. The number of imidazole rings is 1. The first-order chi connectivity index (χ1) is 15.5. The number of rotatable bonds is 6. The zero-order valence-corrected chi connectivity index (χ0v) is 20.0. The summed E-state index contributed by atoms with van der Waals surface area (Å²) >= 11 is 1.46. The van der Waals surface area contributed by atoms with E-state index in [0.717, 1.165) is 49.6 Å². The summed E-state index contributed by atoms with van der Waals surface area (Å²) in [6.07, 6.45) is 11.1. The van der Waals surface area contributed by atoms with Crippen LogP contribution in [0.4, 0.5) is 0 Å². The molecule has 6 nitrogen and oxygen atoms in total. The van der Waals surface area contributed by atoms with E-state index >= 15 is 0 Å². The minimum absolute atomic E-state index is 0.0297. The summed E-state index contributed by atoms with van der Waals surface area (Å²) in [5.41, 5.74) is 3.48. The predicted octanol–water partition coefficient (Wildman–Crippen LogP) is 4.27. The highest BCUT2D eigenvalue weighted by molar-refractivity contribution is 7.99. The Bertz CT molecular complexity index is 923. The van der Waals surface area contributed by atoms with Gasteiger partial charge in [-0.1, -0.05) is 37.1 Å². The molecule has 172 valence electrons. The van der Waals surface area contributed by atoms with Crippen molar-refractivity contribution in [2.24, 2.45) is 5.92 Å². The number of piperidine rings is 1. The first-order valence-corrected chi connectivity index (χ1v) is 12.8. The van der Waals surface area contributed by atoms with Gasteiger partial charge >= 0.3 is 0 Å². The Morgan fingerprint density at radius 2 is 1.72 bits per heavy atom. The summed E-state index contributed by atoms with van der Waals surface area (Å²) in [6, 6.07) is 6.55. The van der Waals surface area contributed by atoms with Gasteiger partial charge in [0.1, 0.15) is 0 Å². The summed E-state index contributed by atoms with van der Waals surface area (Å²) in [5.74, 6) is 0.931. The molecule has 2 aromatic rings. The number of aromatic nitrogens is 2. The maximum Gasteiger partial charge on any atom is 0.230 e. The van der Waals surface area contributed by atoms with Crippen molar-refractivity contribution in [3.05, 3.63) is 41.7 Å². The van der Waals surface area contributed by atoms with Gasteiger partial charge in [-0.25, -0.2) is 4.98 Å². The van der Waals surface area contributed by atoms with Crippen LogP contribution in [0.1, 0.15) is 56.1 Å². The van der Waals surface area contributed by atoms with Crippen LogP contribution < -0.4 is 5.32 Å². The van der Waals surface area contributed by atoms with Crippen LogP contribution in [0.25, 0.3) is 5.69 Å². The number of hydrogen-bond acceptors (Lipinski definition) is 4. The van der Waals surface area contributed by atoms with Gasteiger partial charge in [0.15, 0.2) is 5.16 Å². The Balaban J connectivity index is 1.24. The van der Waals surface area contributed by atoms with Crippen LogP contribution >= 0.6 is 11.8 Å². The van der Waals surface area contributed by atoms with Crippen molar-refractivity contribution >= 4 is 23.6 Å². The molecule has 32 heavy (non-hydrogen) atoms. The second-order valence-corrected chi connectivity index (χ2v) is 10.2. The van der Waals surface area contributed by atoms with Crippen LogP contribution in [0.15, 0.2) is 35.7 Å². The van der Waals surface area contributed by atoms with Crippen molar-refractivity contribution in [1.29, 1.82) is 0 Å². The van der Waals surface area contributed by atoms with E-state index in [1.807, 2.05) is 15.7 Å². The Morgan fingerprint density at radius 3 is 2.41 bits per heavy atom.